The lowest BCUT2D eigenvalue weighted by molar-refractivity contribution is -0.394. The van der Waals surface area contributed by atoms with Gasteiger partial charge in [0.2, 0.25) is 5.75 Å². The summed E-state index contributed by atoms with van der Waals surface area (Å²) >= 11 is 1.15. The van der Waals surface area contributed by atoms with Gasteiger partial charge in [0.15, 0.2) is 16.3 Å². The van der Waals surface area contributed by atoms with Crippen molar-refractivity contribution in [3.05, 3.63) is 129 Å². The van der Waals surface area contributed by atoms with Crippen LogP contribution in [0.25, 0.3) is 6.08 Å². The smallest absolute Gasteiger partial charge is 0.338 e. The quantitative estimate of drug-likeness (QED) is 0.164. The molecule has 1 unspecified atom stereocenters. The average Bonchev–Trinajstić information content (AvgIpc) is 3.30. The Morgan fingerprint density at radius 2 is 1.70 bits per heavy atom. The molecule has 3 aromatic carbocycles. The normalized spacial score (nSPS) is 14.5. The molecule has 0 amide bonds. The zero-order valence-corrected chi connectivity index (χ0v) is 23.7. The van der Waals surface area contributed by atoms with Gasteiger partial charge >= 0.3 is 11.7 Å². The van der Waals surface area contributed by atoms with Crippen molar-refractivity contribution < 1.29 is 28.9 Å². The highest BCUT2D eigenvalue weighted by Crippen LogP contribution is 2.38. The second-order valence-corrected chi connectivity index (χ2v) is 10.2. The number of hydrogen-bond donors (Lipinski definition) is 0. The van der Waals surface area contributed by atoms with Crippen molar-refractivity contribution in [1.29, 1.82) is 0 Å². The van der Waals surface area contributed by atoms with Crippen LogP contribution in [-0.4, -0.2) is 34.6 Å². The van der Waals surface area contributed by atoms with Crippen LogP contribution >= 0.6 is 11.3 Å². The van der Waals surface area contributed by atoms with Gasteiger partial charge < -0.3 is 14.2 Å². The number of nitrogens with zero attached hydrogens (tertiary/aromatic N) is 4. The summed E-state index contributed by atoms with van der Waals surface area (Å²) in [7, 11) is 2.65. The van der Waals surface area contributed by atoms with Crippen molar-refractivity contribution in [2.24, 2.45) is 4.99 Å². The molecule has 0 saturated carbocycles. The summed E-state index contributed by atoms with van der Waals surface area (Å²) in [5.41, 5.74) is 0.559. The summed E-state index contributed by atoms with van der Waals surface area (Å²) in [5, 5.41) is 22.6. The maximum absolute atomic E-state index is 13.7. The zero-order chi connectivity index (χ0) is 30.8. The van der Waals surface area contributed by atoms with Gasteiger partial charge in [-0.15, -0.1) is 0 Å². The number of thiazole rings is 1. The van der Waals surface area contributed by atoms with Crippen LogP contribution in [0.5, 0.6) is 17.2 Å². The van der Waals surface area contributed by atoms with Crippen molar-refractivity contribution in [2.45, 2.75) is 13.0 Å². The van der Waals surface area contributed by atoms with E-state index in [9.17, 15) is 29.8 Å². The number of fused-ring (bicyclic) bond motifs is 1. The number of ether oxygens (including phenoxy) is 3. The molecule has 0 bridgehead atoms. The molecule has 4 aromatic rings. The van der Waals surface area contributed by atoms with Crippen LogP contribution < -0.4 is 24.4 Å². The summed E-state index contributed by atoms with van der Waals surface area (Å²) in [6, 6.07) is 16.1. The van der Waals surface area contributed by atoms with Crippen LogP contribution in [0.4, 0.5) is 11.4 Å². The topological polar surface area (TPSA) is 165 Å². The van der Waals surface area contributed by atoms with Gasteiger partial charge in [-0.05, 0) is 42.3 Å². The third kappa shape index (κ3) is 5.50. The Balaban J connectivity index is 1.57. The fourth-order valence-corrected chi connectivity index (χ4v) is 5.67. The van der Waals surface area contributed by atoms with Crippen LogP contribution in [0.3, 0.4) is 0 Å². The third-order valence-corrected chi connectivity index (χ3v) is 7.58. The number of esters is 1. The summed E-state index contributed by atoms with van der Waals surface area (Å²) in [6.45, 7) is 1.69. The molecule has 0 saturated heterocycles. The molecule has 218 valence electrons. The van der Waals surface area contributed by atoms with E-state index in [1.807, 2.05) is 30.3 Å². The SMILES string of the molecule is COC(=O)C1=C(C)N=c2sc(=Cc3ccc(Oc4ccc([N+](=O)[O-])cc4[N+](=O)[O-])c(OC)c3)c(=O)n2C1c1ccccc1. The Bertz CT molecular complexity index is 2000. The first-order valence-corrected chi connectivity index (χ1v) is 13.4. The van der Waals surface area contributed by atoms with E-state index in [2.05, 4.69) is 4.99 Å². The Hall–Kier alpha value is -5.63. The highest BCUT2D eigenvalue weighted by atomic mass is 32.1. The molecule has 1 aliphatic heterocycles. The van der Waals surface area contributed by atoms with Crippen molar-refractivity contribution in [1.82, 2.24) is 4.57 Å². The molecule has 14 heteroatoms. The number of rotatable bonds is 8. The van der Waals surface area contributed by atoms with Gasteiger partial charge in [0.1, 0.15) is 0 Å². The number of nitro benzene ring substituents is 2. The highest BCUT2D eigenvalue weighted by molar-refractivity contribution is 7.07. The molecule has 2 heterocycles. The summed E-state index contributed by atoms with van der Waals surface area (Å²) in [6.07, 6.45) is 1.63. The van der Waals surface area contributed by atoms with E-state index in [1.165, 1.54) is 24.9 Å². The maximum atomic E-state index is 13.7. The number of carbonyl (C=O) groups is 1. The van der Waals surface area contributed by atoms with Crippen LogP contribution in [0.1, 0.15) is 24.1 Å². The average molecular weight is 603 g/mol. The minimum Gasteiger partial charge on any atom is -0.493 e. The lowest BCUT2D eigenvalue weighted by Gasteiger charge is -2.24. The van der Waals surface area contributed by atoms with Crippen molar-refractivity contribution in [2.75, 3.05) is 14.2 Å². The molecule has 0 N–H and O–H groups in total. The second-order valence-electron chi connectivity index (χ2n) is 9.16. The molecule has 1 aromatic heterocycles. The fraction of sp³-hybridized carbons (Fsp3) is 0.138. The van der Waals surface area contributed by atoms with Crippen molar-refractivity contribution in [3.8, 4) is 17.2 Å². The number of carbonyl (C=O) groups excluding carboxylic acids is 1. The van der Waals surface area contributed by atoms with Crippen molar-refractivity contribution >= 4 is 34.8 Å². The molecule has 0 aliphatic carbocycles. The lowest BCUT2D eigenvalue weighted by Crippen LogP contribution is -2.39. The van der Waals surface area contributed by atoms with Gasteiger partial charge in [0, 0.05) is 6.07 Å². The van der Waals surface area contributed by atoms with Gasteiger partial charge in [-0.2, -0.15) is 0 Å². The summed E-state index contributed by atoms with van der Waals surface area (Å²) in [5.74, 6) is -0.494. The van der Waals surface area contributed by atoms with Gasteiger partial charge in [0.25, 0.3) is 11.2 Å². The first-order chi connectivity index (χ1) is 20.6. The van der Waals surface area contributed by atoms with Gasteiger partial charge in [-0.1, -0.05) is 47.7 Å². The Morgan fingerprint density at radius 3 is 2.35 bits per heavy atom. The van der Waals surface area contributed by atoms with Crippen LogP contribution in [-0.2, 0) is 9.53 Å². The highest BCUT2D eigenvalue weighted by Gasteiger charge is 2.33. The maximum Gasteiger partial charge on any atom is 0.338 e. The Labute approximate surface area is 246 Å². The fourth-order valence-electron chi connectivity index (χ4n) is 4.62. The number of nitro groups is 2. The second kappa shape index (κ2) is 11.7. The largest absolute Gasteiger partial charge is 0.493 e. The first-order valence-electron chi connectivity index (χ1n) is 12.6. The molecule has 0 spiro atoms. The number of hydrogen-bond acceptors (Lipinski definition) is 11. The van der Waals surface area contributed by atoms with E-state index >= 15 is 0 Å². The molecule has 5 rings (SSSR count). The first kappa shape index (κ1) is 28.9. The van der Waals surface area contributed by atoms with Gasteiger partial charge in [-0.25, -0.2) is 9.79 Å². The van der Waals surface area contributed by atoms with E-state index in [1.54, 1.807) is 25.1 Å². The monoisotopic (exact) mass is 602 g/mol. The van der Waals surface area contributed by atoms with Gasteiger partial charge in [0.05, 0.1) is 52.0 Å². The Morgan fingerprint density at radius 1 is 0.977 bits per heavy atom. The predicted octanol–water partition coefficient (Wildman–Crippen LogP) is 4.03. The van der Waals surface area contributed by atoms with E-state index in [0.717, 1.165) is 29.5 Å². The number of methoxy groups -OCH3 is 2. The van der Waals surface area contributed by atoms with Crippen molar-refractivity contribution in [3.63, 3.8) is 0 Å². The van der Waals surface area contributed by atoms with Gasteiger partial charge in [-0.3, -0.25) is 29.6 Å². The number of allylic oxidation sites excluding steroid dienone is 1. The van der Waals surface area contributed by atoms with Crippen LogP contribution in [0.15, 0.2) is 87.8 Å². The Kier molecular flexibility index (Phi) is 7.86. The van der Waals surface area contributed by atoms with E-state index in [0.29, 0.717) is 26.2 Å². The minimum atomic E-state index is -0.779. The molecule has 43 heavy (non-hydrogen) atoms. The third-order valence-electron chi connectivity index (χ3n) is 6.60. The molecule has 0 fully saturated rings. The van der Waals surface area contributed by atoms with Crippen LogP contribution in [0.2, 0.25) is 0 Å². The minimum absolute atomic E-state index is 0.112. The molecule has 13 nitrogen and oxygen atoms in total. The van der Waals surface area contributed by atoms with E-state index in [-0.39, 0.29) is 28.4 Å². The number of benzene rings is 3. The predicted molar refractivity (Wildman–Crippen MR) is 155 cm³/mol. The molecule has 1 aliphatic rings. The van der Waals surface area contributed by atoms with E-state index < -0.39 is 33.2 Å². The lowest BCUT2D eigenvalue weighted by atomic mass is 9.96. The summed E-state index contributed by atoms with van der Waals surface area (Å²) in [4.78, 5) is 52.5. The van der Waals surface area contributed by atoms with E-state index in [4.69, 9.17) is 14.2 Å². The summed E-state index contributed by atoms with van der Waals surface area (Å²) < 4.78 is 18.0. The number of non-ortho nitro benzene ring substituents is 1. The molecular weight excluding hydrogens is 580 g/mol. The molecule has 1 atom stereocenters. The molecule has 0 radical (unpaired) electrons. The zero-order valence-electron chi connectivity index (χ0n) is 22.9. The molecular formula is C29H22N4O9S. The number of aromatic nitrogens is 1. The van der Waals surface area contributed by atoms with Crippen LogP contribution in [0, 0.1) is 20.2 Å². The standard InChI is InChI=1S/C29H22N4O9S/c1-16-25(28(35)41-3)26(18-7-5-4-6-8-18)31-27(34)24(43-29(31)30-16)14-17-9-11-22(23(13-17)40-2)42-21-12-10-19(32(36)37)15-20(21)33(38)39/h4-15,26H,1-3H3.